The smallest absolute Gasteiger partial charge is 0.352 e. The molecule has 0 saturated carbocycles. The van der Waals surface area contributed by atoms with Crippen molar-refractivity contribution in [2.75, 3.05) is 5.43 Å². The molecule has 2 rings (SSSR count). The molecule has 0 spiro atoms. The molecule has 0 heterocycles. The molecule has 0 saturated heterocycles. The second kappa shape index (κ2) is 9.16. The van der Waals surface area contributed by atoms with Gasteiger partial charge >= 0.3 is 5.97 Å². The number of carbonyl (C=O) groups is 2. The molecule has 26 heavy (non-hydrogen) atoms. The number of rotatable bonds is 7. The zero-order valence-electron chi connectivity index (χ0n) is 13.7. The third kappa shape index (κ3) is 5.06. The van der Waals surface area contributed by atoms with Crippen LogP contribution in [0.5, 0.6) is 0 Å². The van der Waals surface area contributed by atoms with Gasteiger partial charge in [0.1, 0.15) is 0 Å². The lowest BCUT2D eigenvalue weighted by Gasteiger charge is -2.14. The van der Waals surface area contributed by atoms with E-state index in [1.165, 1.54) is 6.07 Å². The minimum Gasteiger partial charge on any atom is -0.477 e. The Balaban J connectivity index is 2.31. The summed E-state index contributed by atoms with van der Waals surface area (Å²) < 4.78 is 0.827. The summed E-state index contributed by atoms with van der Waals surface area (Å²) in [7, 11) is 0. The van der Waals surface area contributed by atoms with Crippen molar-refractivity contribution in [1.82, 2.24) is 0 Å². The summed E-state index contributed by atoms with van der Waals surface area (Å²) >= 11 is 15.2. The van der Waals surface area contributed by atoms with Crippen LogP contribution in [0.4, 0.5) is 5.69 Å². The zero-order valence-corrected chi connectivity index (χ0v) is 16.8. The molecule has 0 aliphatic heterocycles. The third-order valence-corrected chi connectivity index (χ3v) is 4.71. The Morgan fingerprint density at radius 3 is 2.38 bits per heavy atom. The highest BCUT2D eigenvalue weighted by atomic mass is 79.9. The first-order valence-electron chi connectivity index (χ1n) is 7.65. The molecule has 1 atom stereocenters. The van der Waals surface area contributed by atoms with Gasteiger partial charge in [-0.3, -0.25) is 10.2 Å². The minimum absolute atomic E-state index is 0.286. The summed E-state index contributed by atoms with van der Waals surface area (Å²) in [5.74, 6) is -2.49. The summed E-state index contributed by atoms with van der Waals surface area (Å²) in [6.07, 6.45) is 0.288. The van der Waals surface area contributed by atoms with Gasteiger partial charge in [-0.25, -0.2) is 4.79 Å². The predicted octanol–water partition coefficient (Wildman–Crippen LogP) is 5.52. The molecule has 0 bridgehead atoms. The van der Waals surface area contributed by atoms with E-state index in [4.69, 9.17) is 23.2 Å². The van der Waals surface area contributed by atoms with E-state index in [9.17, 15) is 14.7 Å². The van der Waals surface area contributed by atoms with Crippen LogP contribution >= 0.6 is 39.1 Å². The van der Waals surface area contributed by atoms with Gasteiger partial charge in [-0.2, -0.15) is 5.10 Å². The summed E-state index contributed by atoms with van der Waals surface area (Å²) in [4.78, 5) is 24.4. The summed E-state index contributed by atoms with van der Waals surface area (Å²) in [5.41, 5.74) is 3.13. The Morgan fingerprint density at radius 2 is 1.85 bits per heavy atom. The normalized spacial score (nSPS) is 12.5. The van der Waals surface area contributed by atoms with Gasteiger partial charge in [0.25, 0.3) is 0 Å². The Labute approximate surface area is 169 Å². The molecule has 0 aliphatic carbocycles. The molecule has 1 unspecified atom stereocenters. The molecule has 2 aromatic carbocycles. The molecule has 0 aromatic heterocycles. The van der Waals surface area contributed by atoms with E-state index in [1.807, 2.05) is 0 Å². The van der Waals surface area contributed by atoms with E-state index in [0.29, 0.717) is 21.3 Å². The van der Waals surface area contributed by atoms with Crippen molar-refractivity contribution in [1.29, 1.82) is 0 Å². The highest BCUT2D eigenvalue weighted by molar-refractivity contribution is 9.10. The van der Waals surface area contributed by atoms with Crippen molar-refractivity contribution < 1.29 is 14.7 Å². The fourth-order valence-corrected chi connectivity index (χ4v) is 3.01. The third-order valence-electron chi connectivity index (χ3n) is 3.63. The lowest BCUT2D eigenvalue weighted by atomic mass is 9.91. The van der Waals surface area contributed by atoms with Gasteiger partial charge in [0.2, 0.25) is 0 Å². The molecule has 5 nitrogen and oxygen atoms in total. The lowest BCUT2D eigenvalue weighted by Crippen LogP contribution is -2.31. The SMILES string of the molecule is CCC(C(=O)c1ccc(Br)cc1)C(=NNc1ccc(Cl)cc1Cl)C(=O)O. The first kappa shape index (κ1) is 20.4. The van der Waals surface area contributed by atoms with E-state index in [0.717, 1.165) is 4.47 Å². The average molecular weight is 458 g/mol. The molecule has 136 valence electrons. The van der Waals surface area contributed by atoms with Gasteiger partial charge in [0, 0.05) is 15.1 Å². The van der Waals surface area contributed by atoms with Crippen LogP contribution in [0.25, 0.3) is 0 Å². The van der Waals surface area contributed by atoms with Crippen molar-refractivity contribution in [3.63, 3.8) is 0 Å². The topological polar surface area (TPSA) is 78.8 Å². The van der Waals surface area contributed by atoms with Gasteiger partial charge in [0.05, 0.1) is 16.6 Å². The maximum Gasteiger partial charge on any atom is 0.352 e. The van der Waals surface area contributed by atoms with Crippen molar-refractivity contribution in [3.05, 3.63) is 62.5 Å². The number of aliphatic carboxylic acids is 1. The predicted molar refractivity (Wildman–Crippen MR) is 107 cm³/mol. The summed E-state index contributed by atoms with van der Waals surface area (Å²) in [5, 5.41) is 14.2. The van der Waals surface area contributed by atoms with E-state index in [-0.39, 0.29) is 17.9 Å². The first-order valence-corrected chi connectivity index (χ1v) is 9.20. The summed E-state index contributed by atoms with van der Waals surface area (Å²) in [6.45, 7) is 1.73. The maximum atomic E-state index is 12.7. The maximum absolute atomic E-state index is 12.7. The van der Waals surface area contributed by atoms with Gasteiger partial charge in [0.15, 0.2) is 11.5 Å². The first-order chi connectivity index (χ1) is 12.3. The van der Waals surface area contributed by atoms with Crippen LogP contribution in [0.1, 0.15) is 23.7 Å². The molecule has 8 heteroatoms. The highest BCUT2D eigenvalue weighted by Gasteiger charge is 2.29. The molecule has 0 fully saturated rings. The number of carboxylic acids is 1. The number of hydrazone groups is 1. The van der Waals surface area contributed by atoms with Gasteiger partial charge in [-0.1, -0.05) is 58.2 Å². The van der Waals surface area contributed by atoms with Gasteiger partial charge in [-0.05, 0) is 36.8 Å². The van der Waals surface area contributed by atoms with Crippen LogP contribution in [0.15, 0.2) is 52.0 Å². The van der Waals surface area contributed by atoms with Gasteiger partial charge < -0.3 is 5.11 Å². The number of Topliss-reactive ketones (excluding diaryl/α,β-unsaturated/α-hetero) is 1. The quantitative estimate of drug-likeness (QED) is 0.326. The number of carbonyl (C=O) groups excluding carboxylic acids is 1. The molecular formula is C18H15BrCl2N2O3. The molecular weight excluding hydrogens is 443 g/mol. The van der Waals surface area contributed by atoms with Crippen LogP contribution in [0, 0.1) is 5.92 Å². The Bertz CT molecular complexity index is 854. The monoisotopic (exact) mass is 456 g/mol. The molecule has 0 amide bonds. The Hall–Kier alpha value is -1.89. The van der Waals surface area contributed by atoms with E-state index in [1.54, 1.807) is 43.3 Å². The molecule has 2 aromatic rings. The number of nitrogens with zero attached hydrogens (tertiary/aromatic N) is 1. The fraction of sp³-hybridized carbons (Fsp3) is 0.167. The van der Waals surface area contributed by atoms with Crippen molar-refractivity contribution in [2.24, 2.45) is 11.0 Å². The Kier molecular flexibility index (Phi) is 7.20. The lowest BCUT2D eigenvalue weighted by molar-refractivity contribution is -0.129. The van der Waals surface area contributed by atoms with E-state index >= 15 is 0 Å². The number of carboxylic acid groups (broad SMARTS) is 1. The fourth-order valence-electron chi connectivity index (χ4n) is 2.29. The van der Waals surface area contributed by atoms with Crippen LogP contribution < -0.4 is 5.43 Å². The largest absolute Gasteiger partial charge is 0.477 e. The minimum atomic E-state index is -1.28. The number of benzene rings is 2. The number of hydrogen-bond acceptors (Lipinski definition) is 4. The van der Waals surface area contributed by atoms with Gasteiger partial charge in [-0.15, -0.1) is 0 Å². The highest BCUT2D eigenvalue weighted by Crippen LogP contribution is 2.26. The zero-order chi connectivity index (χ0) is 19.3. The van der Waals surface area contributed by atoms with Crippen LogP contribution in [0.3, 0.4) is 0 Å². The average Bonchev–Trinajstić information content (AvgIpc) is 2.60. The van der Waals surface area contributed by atoms with E-state index in [2.05, 4.69) is 26.5 Å². The van der Waals surface area contributed by atoms with Crippen molar-refractivity contribution >= 4 is 62.3 Å². The number of halogens is 3. The van der Waals surface area contributed by atoms with E-state index < -0.39 is 11.9 Å². The number of anilines is 1. The standard InChI is InChI=1S/C18H15BrCl2N2O3/c1-2-13(17(24)10-3-5-11(19)6-4-10)16(18(25)26)23-22-15-8-7-12(20)9-14(15)21/h3-9,13,22H,2H2,1H3,(H,25,26). The molecule has 0 aliphatic rings. The second-order valence-electron chi connectivity index (χ2n) is 5.37. The van der Waals surface area contributed by atoms with Crippen molar-refractivity contribution in [2.45, 2.75) is 13.3 Å². The number of nitrogens with one attached hydrogen (secondary N) is 1. The number of ketones is 1. The number of hydrogen-bond donors (Lipinski definition) is 2. The van der Waals surface area contributed by atoms with Crippen molar-refractivity contribution in [3.8, 4) is 0 Å². The Morgan fingerprint density at radius 1 is 1.19 bits per heavy atom. The molecule has 0 radical (unpaired) electrons. The van der Waals surface area contributed by atoms with Crippen LogP contribution in [0.2, 0.25) is 10.0 Å². The molecule has 2 N–H and O–H groups in total. The van der Waals surface area contributed by atoms with Crippen LogP contribution in [-0.2, 0) is 4.79 Å². The summed E-state index contributed by atoms with van der Waals surface area (Å²) in [6, 6.07) is 11.4. The second-order valence-corrected chi connectivity index (χ2v) is 7.13. The van der Waals surface area contributed by atoms with Crippen LogP contribution in [-0.4, -0.2) is 22.6 Å².